The van der Waals surface area contributed by atoms with E-state index in [0.29, 0.717) is 27.9 Å². The molecule has 0 aliphatic heterocycles. The standard InChI is InChI=1S/C19H19NO3/c1-11-15(12-7-5-4-6-8-12)17(22)13-9-10-14(21)16(18(13)23-11)19(2,3)20/h4-10,21H,20H2,1-3H3. The fourth-order valence-corrected chi connectivity index (χ4v) is 2.92. The number of phenols is 1. The van der Waals surface area contributed by atoms with Crippen molar-refractivity contribution in [3.05, 3.63) is 64.0 Å². The number of aryl methyl sites for hydroxylation is 1. The van der Waals surface area contributed by atoms with Gasteiger partial charge in [-0.2, -0.15) is 0 Å². The molecule has 4 heteroatoms. The SMILES string of the molecule is Cc1oc2c(C(C)(C)N)c(O)ccc2c(=O)c1-c1ccccc1. The molecule has 0 bridgehead atoms. The summed E-state index contributed by atoms with van der Waals surface area (Å²) in [4.78, 5) is 13.0. The van der Waals surface area contributed by atoms with Gasteiger partial charge in [0.05, 0.1) is 16.5 Å². The Bertz CT molecular complexity index is 935. The molecule has 0 aliphatic carbocycles. The van der Waals surface area contributed by atoms with Gasteiger partial charge in [-0.3, -0.25) is 4.79 Å². The number of fused-ring (bicyclic) bond motifs is 1. The number of hydrogen-bond donors (Lipinski definition) is 2. The summed E-state index contributed by atoms with van der Waals surface area (Å²) in [5, 5.41) is 10.6. The van der Waals surface area contributed by atoms with Crippen molar-refractivity contribution in [2.75, 3.05) is 0 Å². The molecule has 4 nitrogen and oxygen atoms in total. The van der Waals surface area contributed by atoms with E-state index in [1.54, 1.807) is 26.8 Å². The first kappa shape index (κ1) is 15.3. The van der Waals surface area contributed by atoms with E-state index in [0.717, 1.165) is 5.56 Å². The van der Waals surface area contributed by atoms with Crippen molar-refractivity contribution in [2.24, 2.45) is 5.73 Å². The van der Waals surface area contributed by atoms with Crippen molar-refractivity contribution in [1.82, 2.24) is 0 Å². The second-order valence-corrected chi connectivity index (χ2v) is 6.29. The second-order valence-electron chi connectivity index (χ2n) is 6.29. The number of nitrogens with two attached hydrogens (primary N) is 1. The average Bonchev–Trinajstić information content (AvgIpc) is 2.46. The fraction of sp³-hybridized carbons (Fsp3) is 0.211. The van der Waals surface area contributed by atoms with E-state index < -0.39 is 5.54 Å². The van der Waals surface area contributed by atoms with Crippen LogP contribution in [-0.4, -0.2) is 5.11 Å². The van der Waals surface area contributed by atoms with E-state index >= 15 is 0 Å². The Morgan fingerprint density at radius 1 is 1.09 bits per heavy atom. The Labute approximate surface area is 134 Å². The van der Waals surface area contributed by atoms with Gasteiger partial charge in [0.15, 0.2) is 0 Å². The molecule has 3 aromatic rings. The van der Waals surface area contributed by atoms with Gasteiger partial charge in [-0.1, -0.05) is 30.3 Å². The molecular weight excluding hydrogens is 290 g/mol. The molecule has 118 valence electrons. The average molecular weight is 309 g/mol. The van der Waals surface area contributed by atoms with Gasteiger partial charge >= 0.3 is 0 Å². The molecule has 0 saturated carbocycles. The summed E-state index contributed by atoms with van der Waals surface area (Å²) in [6.07, 6.45) is 0. The molecule has 1 aromatic heterocycles. The highest BCUT2D eigenvalue weighted by Crippen LogP contribution is 2.35. The molecule has 3 rings (SSSR count). The summed E-state index contributed by atoms with van der Waals surface area (Å²) in [6.45, 7) is 5.28. The van der Waals surface area contributed by atoms with Gasteiger partial charge in [0.2, 0.25) is 5.43 Å². The zero-order valence-electron chi connectivity index (χ0n) is 13.4. The third kappa shape index (κ3) is 2.51. The maximum Gasteiger partial charge on any atom is 0.200 e. The molecule has 0 fully saturated rings. The lowest BCUT2D eigenvalue weighted by Crippen LogP contribution is -2.29. The summed E-state index contributed by atoms with van der Waals surface area (Å²) in [7, 11) is 0. The van der Waals surface area contributed by atoms with Crippen molar-refractivity contribution in [1.29, 1.82) is 0 Å². The smallest absolute Gasteiger partial charge is 0.200 e. The Balaban J connectivity index is 2.43. The van der Waals surface area contributed by atoms with Gasteiger partial charge in [-0.15, -0.1) is 0 Å². The van der Waals surface area contributed by atoms with Gasteiger partial charge in [0, 0.05) is 5.54 Å². The van der Waals surface area contributed by atoms with Crippen LogP contribution in [0, 0.1) is 6.92 Å². The van der Waals surface area contributed by atoms with Crippen LogP contribution in [0.15, 0.2) is 51.7 Å². The largest absolute Gasteiger partial charge is 0.507 e. The van der Waals surface area contributed by atoms with Gasteiger partial charge < -0.3 is 15.3 Å². The van der Waals surface area contributed by atoms with E-state index in [4.69, 9.17) is 10.2 Å². The van der Waals surface area contributed by atoms with E-state index in [1.807, 2.05) is 30.3 Å². The monoisotopic (exact) mass is 309 g/mol. The Hall–Kier alpha value is -2.59. The van der Waals surface area contributed by atoms with E-state index in [2.05, 4.69) is 0 Å². The van der Waals surface area contributed by atoms with Crippen LogP contribution in [-0.2, 0) is 5.54 Å². The van der Waals surface area contributed by atoms with E-state index in [-0.39, 0.29) is 11.2 Å². The van der Waals surface area contributed by atoms with Gasteiger partial charge in [-0.05, 0) is 38.5 Å². The van der Waals surface area contributed by atoms with Crippen LogP contribution in [0.25, 0.3) is 22.1 Å². The summed E-state index contributed by atoms with van der Waals surface area (Å²) >= 11 is 0. The number of benzene rings is 2. The maximum absolute atomic E-state index is 13.0. The van der Waals surface area contributed by atoms with Crippen molar-refractivity contribution < 1.29 is 9.52 Å². The minimum atomic E-state index is -0.833. The lowest BCUT2D eigenvalue weighted by molar-refractivity contribution is 0.435. The van der Waals surface area contributed by atoms with Gasteiger partial charge in [0.1, 0.15) is 17.1 Å². The molecule has 0 aliphatic rings. The van der Waals surface area contributed by atoms with Crippen molar-refractivity contribution >= 4 is 11.0 Å². The van der Waals surface area contributed by atoms with Gasteiger partial charge in [0.25, 0.3) is 0 Å². The highest BCUT2D eigenvalue weighted by Gasteiger charge is 2.25. The Kier molecular flexibility index (Phi) is 3.49. The molecule has 0 unspecified atom stereocenters. The van der Waals surface area contributed by atoms with Crippen LogP contribution >= 0.6 is 0 Å². The zero-order chi connectivity index (χ0) is 16.8. The van der Waals surface area contributed by atoms with Crippen LogP contribution in [0.4, 0.5) is 0 Å². The summed E-state index contributed by atoms with van der Waals surface area (Å²) in [5.41, 5.74) is 7.32. The first-order valence-electron chi connectivity index (χ1n) is 7.45. The lowest BCUT2D eigenvalue weighted by Gasteiger charge is -2.22. The number of rotatable bonds is 2. The van der Waals surface area contributed by atoms with E-state index in [9.17, 15) is 9.90 Å². The lowest BCUT2D eigenvalue weighted by atomic mass is 9.91. The molecule has 0 radical (unpaired) electrons. The van der Waals surface area contributed by atoms with Crippen LogP contribution < -0.4 is 11.2 Å². The van der Waals surface area contributed by atoms with Crippen LogP contribution in [0.2, 0.25) is 0 Å². The van der Waals surface area contributed by atoms with Gasteiger partial charge in [-0.25, -0.2) is 0 Å². The van der Waals surface area contributed by atoms with E-state index in [1.165, 1.54) is 6.07 Å². The molecule has 1 heterocycles. The summed E-state index contributed by atoms with van der Waals surface area (Å²) < 4.78 is 5.93. The number of phenolic OH excluding ortho intramolecular Hbond substituents is 1. The van der Waals surface area contributed by atoms with Crippen molar-refractivity contribution in [3.8, 4) is 16.9 Å². The first-order chi connectivity index (χ1) is 10.8. The normalized spacial score (nSPS) is 11.8. The topological polar surface area (TPSA) is 76.5 Å². The fourth-order valence-electron chi connectivity index (χ4n) is 2.92. The number of hydrogen-bond acceptors (Lipinski definition) is 4. The minimum absolute atomic E-state index is 0.0278. The summed E-state index contributed by atoms with van der Waals surface area (Å²) in [5.74, 6) is 0.532. The highest BCUT2D eigenvalue weighted by molar-refractivity contribution is 5.87. The van der Waals surface area contributed by atoms with Crippen LogP contribution in [0.5, 0.6) is 5.75 Å². The molecule has 0 atom stereocenters. The minimum Gasteiger partial charge on any atom is -0.507 e. The van der Waals surface area contributed by atoms with Crippen LogP contribution in [0.3, 0.4) is 0 Å². The molecule has 0 spiro atoms. The van der Waals surface area contributed by atoms with Crippen molar-refractivity contribution in [3.63, 3.8) is 0 Å². The quantitative estimate of drug-likeness (QED) is 0.757. The molecule has 0 amide bonds. The van der Waals surface area contributed by atoms with Crippen molar-refractivity contribution in [2.45, 2.75) is 26.3 Å². The molecule has 0 saturated heterocycles. The van der Waals surface area contributed by atoms with Crippen LogP contribution in [0.1, 0.15) is 25.2 Å². The first-order valence-corrected chi connectivity index (χ1v) is 7.45. The second kappa shape index (κ2) is 5.25. The summed E-state index contributed by atoms with van der Waals surface area (Å²) in [6, 6.07) is 12.5. The molecule has 3 N–H and O–H groups in total. The molecule has 23 heavy (non-hydrogen) atoms. The maximum atomic E-state index is 13.0. The third-order valence-corrected chi connectivity index (χ3v) is 3.92. The number of aromatic hydroxyl groups is 1. The molecular formula is C19H19NO3. The predicted molar refractivity (Wildman–Crippen MR) is 91.5 cm³/mol. The Morgan fingerprint density at radius 3 is 2.35 bits per heavy atom. The molecule has 2 aromatic carbocycles. The third-order valence-electron chi connectivity index (χ3n) is 3.92. The highest BCUT2D eigenvalue weighted by atomic mass is 16.3. The zero-order valence-corrected chi connectivity index (χ0v) is 13.4. The Morgan fingerprint density at radius 2 is 1.74 bits per heavy atom. The predicted octanol–water partition coefficient (Wildman–Crippen LogP) is 3.67.